The van der Waals surface area contributed by atoms with Crippen molar-refractivity contribution in [3.8, 4) is 0 Å². The van der Waals surface area contributed by atoms with Crippen LogP contribution < -0.4 is 0 Å². The molecule has 47 atom stereocenters. The summed E-state index contributed by atoms with van der Waals surface area (Å²) >= 11 is 0. The highest BCUT2D eigenvalue weighted by Gasteiger charge is 2.59. The second-order valence-corrected chi connectivity index (χ2v) is 26.8. The molecule has 10 saturated heterocycles. The summed E-state index contributed by atoms with van der Waals surface area (Å²) in [5, 5.41) is 305. The van der Waals surface area contributed by atoms with Crippen LogP contribution in [0, 0.1) is 0 Å². The van der Waals surface area contributed by atoms with Crippen molar-refractivity contribution in [2.24, 2.45) is 0 Å². The summed E-state index contributed by atoms with van der Waals surface area (Å²) in [5.74, 6) is 0. The van der Waals surface area contributed by atoms with Crippen molar-refractivity contribution in [1.82, 2.24) is 0 Å². The highest BCUT2D eigenvalue weighted by Crippen LogP contribution is 2.39. The van der Waals surface area contributed by atoms with Crippen molar-refractivity contribution in [3.05, 3.63) is 0 Å². The Morgan fingerprint density at radius 2 is 0.519 bits per heavy atom. The zero-order valence-electron chi connectivity index (χ0n) is 54.8. The first-order valence-electron chi connectivity index (χ1n) is 33.3. The quantitative estimate of drug-likeness (QED) is 0.0427. The summed E-state index contributed by atoms with van der Waals surface area (Å²) in [6.07, 6.45) is -95.3. The van der Waals surface area contributed by atoms with Crippen LogP contribution in [0.15, 0.2) is 0 Å². The lowest BCUT2D eigenvalue weighted by Crippen LogP contribution is -2.68. The van der Waals surface area contributed by atoms with Crippen molar-refractivity contribution in [2.45, 2.75) is 296 Å². The zero-order chi connectivity index (χ0) is 75.9. The monoisotopic (exact) mass is 1530 g/mol. The van der Waals surface area contributed by atoms with Crippen LogP contribution in [-0.4, -0.2) is 491 Å². The largest absolute Gasteiger partial charge is 0.394 e. The van der Waals surface area contributed by atoms with E-state index in [1.54, 1.807) is 0 Å². The summed E-state index contributed by atoms with van der Waals surface area (Å²) in [6, 6.07) is 0. The molecular formula is C57H96O47. The van der Waals surface area contributed by atoms with Gasteiger partial charge in [-0.05, 0) is 6.92 Å². The van der Waals surface area contributed by atoms with E-state index in [2.05, 4.69) is 0 Å². The Balaban J connectivity index is 0.945. The van der Waals surface area contributed by atoms with Gasteiger partial charge in [-0.3, -0.25) is 0 Å². The Bertz CT molecular complexity index is 2600. The Hall–Kier alpha value is -1.88. The minimum Gasteiger partial charge on any atom is -0.394 e. The molecule has 0 saturated carbocycles. The molecule has 10 fully saturated rings. The van der Waals surface area contributed by atoms with Crippen molar-refractivity contribution in [2.75, 3.05) is 59.5 Å². The van der Waals surface area contributed by atoms with Gasteiger partial charge >= 0.3 is 0 Å². The van der Waals surface area contributed by atoms with Crippen molar-refractivity contribution in [3.63, 3.8) is 0 Å². The second-order valence-electron chi connectivity index (χ2n) is 26.8. The van der Waals surface area contributed by atoms with E-state index >= 15 is 0 Å². The topological polar surface area (TPSA) is 742 Å². The molecule has 28 N–H and O–H groups in total. The first kappa shape index (κ1) is 84.6. The fourth-order valence-electron chi connectivity index (χ4n) is 13.2. The van der Waals surface area contributed by atoms with Crippen LogP contribution in [0.4, 0.5) is 0 Å². The molecule has 0 bridgehead atoms. The molecular weight excluding hydrogens is 1440 g/mol. The summed E-state index contributed by atoms with van der Waals surface area (Å²) in [6.45, 7) is -6.93. The normalized spacial score (nSPS) is 54.4. The highest BCUT2D eigenvalue weighted by atomic mass is 16.8. The molecule has 104 heavy (non-hydrogen) atoms. The number of aliphatic hydroxyl groups excluding tert-OH is 28. The van der Waals surface area contributed by atoms with Crippen LogP contribution in [0.25, 0.3) is 0 Å². The predicted octanol–water partition coefficient (Wildman–Crippen LogP) is -19.9. The lowest BCUT2D eigenvalue weighted by molar-refractivity contribution is -0.399. The van der Waals surface area contributed by atoms with E-state index in [1.807, 2.05) is 0 Å². The average molecular weight is 1530 g/mol. The summed E-state index contributed by atoms with van der Waals surface area (Å²) < 4.78 is 110. The van der Waals surface area contributed by atoms with Crippen molar-refractivity contribution in [1.29, 1.82) is 0 Å². The third kappa shape index (κ3) is 17.9. The number of aliphatic hydroxyl groups is 28. The third-order valence-corrected chi connectivity index (χ3v) is 19.6. The summed E-state index contributed by atoms with van der Waals surface area (Å²) in [4.78, 5) is 0. The van der Waals surface area contributed by atoms with Gasteiger partial charge in [-0.25, -0.2) is 0 Å². The standard InChI is InChI=1S/C57H96O47/c1-11-21(64)28(71)37(80)50(92-11)103-47-31(74)26(69)16(3-59)95-57(47)104-46-24(67)14(63)7-88-56(46)91-10-20-44(33(76)40(83)53(97-20)99-42-17(4-60)93-48(85)35(78)32(42)75)101-54-41(84)34(77)43(100-52-39(82)30(73)27(70)18(96-52)8-89-49-36(79)22(65)12(61)5-86-49)19(98-54)9-90-55-45(23(66)13(62)6-87-55)102-51-38(81)29(72)25(68)15(2-58)94-51/h11-85H,2-10H2,1H3/t11-,12+,13+,14+,15+,16+,17+,18+,19+,20+,21+,22-,23-,24-,25-,26-,27+,28+,29-,30-,31-,32+,33+,34+,35+,36+,37-,38+,39+,40+,41+,42+,43+,44+,45+,46+,47+,48?,49+,50-,51-,52-,53-,54-,55+,56+,57-/m0/s1. The Morgan fingerprint density at radius 3 is 0.981 bits per heavy atom. The van der Waals surface area contributed by atoms with Crippen LogP contribution in [0.1, 0.15) is 6.92 Å². The lowest BCUT2D eigenvalue weighted by Gasteiger charge is -2.50. The lowest BCUT2D eigenvalue weighted by atomic mass is 9.95. The fraction of sp³-hybridized carbons (Fsp3) is 1.00. The van der Waals surface area contributed by atoms with Crippen LogP contribution >= 0.6 is 0 Å². The average Bonchev–Trinajstić information content (AvgIpc) is 0.780. The Kier molecular flexibility index (Phi) is 29.5. The molecule has 0 amide bonds. The SMILES string of the molecule is C[C@@H]1O[C@@H](O[C@H]2[C@H](O[C@H]3[C@@H](OC[C@H]4O[C@@H](O[C@H]5[C@H](O)[C@@H](O)C(O)O[C@@H]5CO)[C@H](O)[C@@H](O)[C@@H]4O[C@@H]4O[C@H](CO[C@H]5OC[C@@H](O)[C@H](O)[C@H]5O[C@@H]5O[C@H](CO)[C@H](O)[C@H](O)[C@H]5O)[C@@H](O[C@@H]5O[C@H](CO[C@H]6OC[C@@H](O)[C@H](O)[C@H]6O)[C@@H](O)[C@H](O)[C@H]5O)[C@H](O)[C@H]4O)OC[C@@H](O)[C@@H]3O)O[C@H](CO)[C@H](O)[C@@H]2O)[C@@H](O)[C@H](O)[C@@H]1O. The minimum atomic E-state index is -2.52. The number of hydrogen-bond acceptors (Lipinski definition) is 47. The molecule has 47 heteroatoms. The molecule has 10 aliphatic rings. The highest BCUT2D eigenvalue weighted by molar-refractivity contribution is 5.01. The Morgan fingerprint density at radius 1 is 0.231 bits per heavy atom. The smallest absolute Gasteiger partial charge is 0.187 e. The van der Waals surface area contributed by atoms with Crippen LogP contribution in [-0.2, 0) is 90.0 Å². The summed E-state index contributed by atoms with van der Waals surface area (Å²) in [5.41, 5.74) is 0. The number of hydrogen-bond donors (Lipinski definition) is 28. The molecule has 0 aromatic carbocycles. The fourth-order valence-corrected chi connectivity index (χ4v) is 13.2. The third-order valence-electron chi connectivity index (χ3n) is 19.6. The van der Waals surface area contributed by atoms with Gasteiger partial charge in [0.05, 0.1) is 65.6 Å². The minimum absolute atomic E-state index is 0.550. The van der Waals surface area contributed by atoms with Crippen LogP contribution in [0.2, 0.25) is 0 Å². The second kappa shape index (κ2) is 36.3. The number of ether oxygens (including phenoxy) is 19. The van der Waals surface area contributed by atoms with E-state index in [4.69, 9.17) is 90.0 Å². The van der Waals surface area contributed by atoms with Crippen LogP contribution in [0.5, 0.6) is 0 Å². The van der Waals surface area contributed by atoms with E-state index in [0.29, 0.717) is 0 Å². The molecule has 0 aliphatic carbocycles. The van der Waals surface area contributed by atoms with Gasteiger partial charge < -0.3 is 233 Å². The van der Waals surface area contributed by atoms with Gasteiger partial charge in [-0.15, -0.1) is 0 Å². The first-order chi connectivity index (χ1) is 49.2. The van der Waals surface area contributed by atoms with Gasteiger partial charge in [0, 0.05) is 0 Å². The zero-order valence-corrected chi connectivity index (χ0v) is 54.8. The van der Waals surface area contributed by atoms with Crippen molar-refractivity contribution >= 4 is 0 Å². The van der Waals surface area contributed by atoms with E-state index in [-0.39, 0.29) is 0 Å². The van der Waals surface area contributed by atoms with Gasteiger partial charge in [-0.1, -0.05) is 0 Å². The number of rotatable bonds is 24. The molecule has 10 rings (SSSR count). The summed E-state index contributed by atoms with van der Waals surface area (Å²) in [7, 11) is 0. The van der Waals surface area contributed by atoms with Gasteiger partial charge in [0.2, 0.25) is 0 Å². The van der Waals surface area contributed by atoms with E-state index in [9.17, 15) is 143 Å². The van der Waals surface area contributed by atoms with E-state index in [1.165, 1.54) is 6.92 Å². The van der Waals surface area contributed by atoms with Gasteiger partial charge in [0.1, 0.15) is 220 Å². The molecule has 0 aromatic heterocycles. The molecule has 10 aliphatic heterocycles. The molecule has 606 valence electrons. The molecule has 47 nitrogen and oxygen atoms in total. The van der Waals surface area contributed by atoms with Crippen molar-refractivity contribution < 1.29 is 233 Å². The predicted molar refractivity (Wildman–Crippen MR) is 310 cm³/mol. The molecule has 10 heterocycles. The van der Waals surface area contributed by atoms with Gasteiger partial charge in [0.15, 0.2) is 62.9 Å². The van der Waals surface area contributed by atoms with Gasteiger partial charge in [0.25, 0.3) is 0 Å². The Labute approximate surface area is 587 Å². The maximum atomic E-state index is 12.2. The van der Waals surface area contributed by atoms with Crippen LogP contribution in [0.3, 0.4) is 0 Å². The first-order valence-corrected chi connectivity index (χ1v) is 33.3. The molecule has 0 aromatic rings. The molecule has 0 radical (unpaired) electrons. The van der Waals surface area contributed by atoms with E-state index < -0.39 is 348 Å². The van der Waals surface area contributed by atoms with E-state index in [0.717, 1.165) is 0 Å². The maximum absolute atomic E-state index is 12.2. The van der Waals surface area contributed by atoms with Gasteiger partial charge in [-0.2, -0.15) is 0 Å². The molecule has 1 unspecified atom stereocenters. The molecule has 0 spiro atoms. The maximum Gasteiger partial charge on any atom is 0.187 e.